The van der Waals surface area contributed by atoms with Crippen LogP contribution in [0.25, 0.3) is 22.0 Å². The lowest BCUT2D eigenvalue weighted by molar-refractivity contribution is 0.942. The lowest BCUT2D eigenvalue weighted by atomic mass is 10.0. The van der Waals surface area contributed by atoms with E-state index >= 15 is 0 Å². The molecule has 0 saturated heterocycles. The third kappa shape index (κ3) is 1.29. The molecule has 0 spiro atoms. The van der Waals surface area contributed by atoms with Gasteiger partial charge in [0.1, 0.15) is 5.69 Å². The lowest BCUT2D eigenvalue weighted by Crippen LogP contribution is -1.80. The number of nitrogens with one attached hydrogen (secondary N) is 1. The molecule has 0 saturated carbocycles. The first kappa shape index (κ1) is 8.17. The van der Waals surface area contributed by atoms with Crippen molar-refractivity contribution in [1.82, 2.24) is 15.4 Å². The van der Waals surface area contributed by atoms with Crippen molar-refractivity contribution in [3.63, 3.8) is 0 Å². The van der Waals surface area contributed by atoms with Crippen molar-refractivity contribution in [2.75, 3.05) is 0 Å². The Balaban J connectivity index is 2.36. The maximum atomic E-state index is 4.03. The second kappa shape index (κ2) is 3.20. The van der Waals surface area contributed by atoms with Crippen LogP contribution in [0.4, 0.5) is 0 Å². The topological polar surface area (TPSA) is 41.6 Å². The molecule has 3 rings (SSSR count). The van der Waals surface area contributed by atoms with E-state index in [2.05, 4.69) is 39.7 Å². The molecule has 72 valence electrons. The van der Waals surface area contributed by atoms with E-state index in [0.29, 0.717) is 0 Å². The minimum absolute atomic E-state index is 0.881. The molecule has 3 nitrogen and oxygen atoms in total. The molecule has 0 amide bonds. The number of hydrogen-bond donors (Lipinski definition) is 1. The van der Waals surface area contributed by atoms with Crippen LogP contribution in [-0.4, -0.2) is 15.4 Å². The Bertz CT molecular complexity index is 579. The monoisotopic (exact) mass is 195 g/mol. The average Bonchev–Trinajstić information content (AvgIpc) is 2.82. The van der Waals surface area contributed by atoms with Gasteiger partial charge in [0.05, 0.1) is 6.20 Å². The Labute approximate surface area is 86.8 Å². The highest BCUT2D eigenvalue weighted by atomic mass is 15.3. The molecular weight excluding hydrogens is 186 g/mol. The van der Waals surface area contributed by atoms with Gasteiger partial charge >= 0.3 is 0 Å². The number of rotatable bonds is 1. The smallest absolute Gasteiger partial charge is 0.113 e. The predicted molar refractivity (Wildman–Crippen MR) is 59.3 cm³/mol. The predicted octanol–water partition coefficient (Wildman–Crippen LogP) is 2.62. The molecule has 0 bridgehead atoms. The molecule has 0 atom stereocenters. The van der Waals surface area contributed by atoms with Crippen LogP contribution in [0.3, 0.4) is 0 Å². The van der Waals surface area contributed by atoms with E-state index in [1.165, 1.54) is 10.8 Å². The average molecular weight is 195 g/mol. The van der Waals surface area contributed by atoms with Crippen molar-refractivity contribution in [3.8, 4) is 11.3 Å². The minimum Gasteiger partial charge on any atom is -0.265 e. The zero-order valence-corrected chi connectivity index (χ0v) is 8.01. The number of H-pyrrole nitrogens is 1. The van der Waals surface area contributed by atoms with E-state index < -0.39 is 0 Å². The summed E-state index contributed by atoms with van der Waals surface area (Å²) in [5, 5.41) is 12.9. The first-order chi connectivity index (χ1) is 7.45. The number of fused-ring (bicyclic) bond motifs is 1. The third-order valence-corrected chi connectivity index (χ3v) is 2.48. The molecule has 0 aliphatic rings. The van der Waals surface area contributed by atoms with Gasteiger partial charge < -0.3 is 0 Å². The normalized spacial score (nSPS) is 10.7. The molecular formula is C12H9N3. The highest BCUT2D eigenvalue weighted by Gasteiger charge is 2.04. The quantitative estimate of drug-likeness (QED) is 0.648. The maximum Gasteiger partial charge on any atom is 0.113 e. The second-order valence-corrected chi connectivity index (χ2v) is 3.39. The Hall–Kier alpha value is -2.16. The van der Waals surface area contributed by atoms with Gasteiger partial charge in [0.2, 0.25) is 0 Å². The van der Waals surface area contributed by atoms with Crippen molar-refractivity contribution in [1.29, 1.82) is 0 Å². The van der Waals surface area contributed by atoms with Crippen LogP contribution in [0.1, 0.15) is 0 Å². The molecule has 0 unspecified atom stereocenters. The standard InChI is InChI=1S/C12H9N3/c1-2-6-10-9(4-1)5-3-7-11(10)12-8-13-15-14-12/h1-8H,(H,13,14,15). The Morgan fingerprint density at radius 2 is 1.80 bits per heavy atom. The summed E-state index contributed by atoms with van der Waals surface area (Å²) in [5.74, 6) is 0. The van der Waals surface area contributed by atoms with Crippen LogP contribution in [0.15, 0.2) is 48.7 Å². The minimum atomic E-state index is 0.881. The first-order valence-electron chi connectivity index (χ1n) is 4.80. The summed E-state index contributed by atoms with van der Waals surface area (Å²) in [6, 6.07) is 14.4. The molecule has 0 aliphatic carbocycles. The molecule has 1 heterocycles. The summed E-state index contributed by atoms with van der Waals surface area (Å²) in [7, 11) is 0. The maximum absolute atomic E-state index is 4.03. The van der Waals surface area contributed by atoms with Crippen LogP contribution in [0.2, 0.25) is 0 Å². The van der Waals surface area contributed by atoms with E-state index in [9.17, 15) is 0 Å². The van der Waals surface area contributed by atoms with Crippen molar-refractivity contribution < 1.29 is 0 Å². The molecule has 0 radical (unpaired) electrons. The fraction of sp³-hybridized carbons (Fsp3) is 0. The number of aromatic amines is 1. The SMILES string of the molecule is c1ccc2c(-c3c[nH]nn3)cccc2c1. The van der Waals surface area contributed by atoms with Crippen LogP contribution in [0, 0.1) is 0 Å². The molecule has 1 aromatic heterocycles. The zero-order valence-electron chi connectivity index (χ0n) is 8.01. The largest absolute Gasteiger partial charge is 0.265 e. The van der Waals surface area contributed by atoms with Gasteiger partial charge in [0, 0.05) is 5.56 Å². The summed E-state index contributed by atoms with van der Waals surface area (Å²) in [6.45, 7) is 0. The van der Waals surface area contributed by atoms with Crippen LogP contribution in [-0.2, 0) is 0 Å². The van der Waals surface area contributed by atoms with Gasteiger partial charge in [-0.25, -0.2) is 0 Å². The van der Waals surface area contributed by atoms with Gasteiger partial charge in [-0.1, -0.05) is 47.7 Å². The molecule has 3 aromatic rings. The van der Waals surface area contributed by atoms with E-state index in [1.54, 1.807) is 0 Å². The van der Waals surface area contributed by atoms with Crippen molar-refractivity contribution in [2.45, 2.75) is 0 Å². The number of benzene rings is 2. The highest BCUT2D eigenvalue weighted by Crippen LogP contribution is 2.25. The van der Waals surface area contributed by atoms with E-state index in [-0.39, 0.29) is 0 Å². The molecule has 0 fully saturated rings. The molecule has 0 aliphatic heterocycles. The summed E-state index contributed by atoms with van der Waals surface area (Å²) < 4.78 is 0. The Morgan fingerprint density at radius 3 is 2.67 bits per heavy atom. The Morgan fingerprint density at radius 1 is 0.933 bits per heavy atom. The molecule has 3 heteroatoms. The van der Waals surface area contributed by atoms with Crippen molar-refractivity contribution in [2.24, 2.45) is 0 Å². The third-order valence-electron chi connectivity index (χ3n) is 2.48. The van der Waals surface area contributed by atoms with Gasteiger partial charge in [0.25, 0.3) is 0 Å². The van der Waals surface area contributed by atoms with Crippen LogP contribution < -0.4 is 0 Å². The van der Waals surface area contributed by atoms with E-state index in [0.717, 1.165) is 11.3 Å². The van der Waals surface area contributed by atoms with E-state index in [1.807, 2.05) is 24.4 Å². The van der Waals surface area contributed by atoms with E-state index in [4.69, 9.17) is 0 Å². The summed E-state index contributed by atoms with van der Waals surface area (Å²) in [4.78, 5) is 0. The zero-order chi connectivity index (χ0) is 10.1. The van der Waals surface area contributed by atoms with Gasteiger partial charge in [0.15, 0.2) is 0 Å². The van der Waals surface area contributed by atoms with Crippen LogP contribution in [0.5, 0.6) is 0 Å². The number of nitrogens with zero attached hydrogens (tertiary/aromatic N) is 2. The number of hydrogen-bond acceptors (Lipinski definition) is 2. The lowest BCUT2D eigenvalue weighted by Gasteiger charge is -2.02. The van der Waals surface area contributed by atoms with Gasteiger partial charge in [-0.2, -0.15) is 0 Å². The van der Waals surface area contributed by atoms with Crippen molar-refractivity contribution >= 4 is 10.8 Å². The van der Waals surface area contributed by atoms with Gasteiger partial charge in [-0.15, -0.1) is 5.10 Å². The Kier molecular flexibility index (Phi) is 1.75. The molecule has 1 N–H and O–H groups in total. The fourth-order valence-corrected chi connectivity index (χ4v) is 1.78. The highest BCUT2D eigenvalue weighted by molar-refractivity contribution is 5.95. The molecule has 2 aromatic carbocycles. The summed E-state index contributed by atoms with van der Waals surface area (Å²) >= 11 is 0. The number of aromatic nitrogens is 3. The van der Waals surface area contributed by atoms with Crippen molar-refractivity contribution in [3.05, 3.63) is 48.7 Å². The second-order valence-electron chi connectivity index (χ2n) is 3.39. The fourth-order valence-electron chi connectivity index (χ4n) is 1.78. The first-order valence-corrected chi connectivity index (χ1v) is 4.80. The summed E-state index contributed by atoms with van der Waals surface area (Å²) in [5.41, 5.74) is 1.99. The van der Waals surface area contributed by atoms with Crippen LogP contribution >= 0.6 is 0 Å². The summed E-state index contributed by atoms with van der Waals surface area (Å²) in [6.07, 6.45) is 1.81. The van der Waals surface area contributed by atoms with Gasteiger partial charge in [-0.3, -0.25) is 5.10 Å². The van der Waals surface area contributed by atoms with Gasteiger partial charge in [-0.05, 0) is 10.8 Å². The molecule has 15 heavy (non-hydrogen) atoms.